The highest BCUT2D eigenvalue weighted by Crippen LogP contribution is 2.24. The smallest absolute Gasteiger partial charge is 0.0708 e. The van der Waals surface area contributed by atoms with Crippen LogP contribution in [0.25, 0.3) is 0 Å². The Morgan fingerprint density at radius 1 is 1.50 bits per heavy atom. The summed E-state index contributed by atoms with van der Waals surface area (Å²) in [5.41, 5.74) is 0.617. The number of aliphatic hydroxyl groups is 1. The molecule has 0 amide bonds. The fourth-order valence-corrected chi connectivity index (χ4v) is 1.63. The molecule has 1 saturated heterocycles. The fraction of sp³-hybridized carbons (Fsp3) is 0.778. The molecule has 1 aliphatic heterocycles. The van der Waals surface area contributed by atoms with Crippen LogP contribution in [-0.2, 0) is 0 Å². The van der Waals surface area contributed by atoms with Crippen molar-refractivity contribution in [2.75, 3.05) is 13.1 Å². The van der Waals surface area contributed by atoms with Crippen molar-refractivity contribution >= 4 is 12.4 Å². The van der Waals surface area contributed by atoms with Crippen molar-refractivity contribution in [3.8, 4) is 0 Å². The molecule has 72 valence electrons. The Labute approximate surface area is 80.5 Å². The topological polar surface area (TPSA) is 32.3 Å². The molecular formula is C9H18ClNO. The summed E-state index contributed by atoms with van der Waals surface area (Å²) in [6, 6.07) is 0. The molecule has 1 rings (SSSR count). The Morgan fingerprint density at radius 3 is 2.42 bits per heavy atom. The average molecular weight is 192 g/mol. The van der Waals surface area contributed by atoms with Gasteiger partial charge in [0.1, 0.15) is 0 Å². The summed E-state index contributed by atoms with van der Waals surface area (Å²) in [5, 5.41) is 13.2. The Bertz CT molecular complexity index is 153. The molecule has 0 atom stereocenters. The van der Waals surface area contributed by atoms with E-state index in [2.05, 4.69) is 11.9 Å². The number of hydrogen-bond acceptors (Lipinski definition) is 2. The zero-order valence-corrected chi connectivity index (χ0v) is 8.41. The third-order valence-corrected chi connectivity index (χ3v) is 2.17. The molecule has 0 aliphatic carbocycles. The largest absolute Gasteiger partial charge is 0.389 e. The SMILES string of the molecule is C=C(C)CC1(O)CCNCC1.Cl. The molecule has 0 aromatic carbocycles. The van der Waals surface area contributed by atoms with Crippen molar-refractivity contribution in [3.63, 3.8) is 0 Å². The standard InChI is InChI=1S/C9H17NO.ClH/c1-8(2)7-9(11)3-5-10-6-4-9;/h10-11H,1,3-7H2,2H3;1H. The molecule has 1 fully saturated rings. The van der Waals surface area contributed by atoms with Crippen molar-refractivity contribution in [1.29, 1.82) is 0 Å². The summed E-state index contributed by atoms with van der Waals surface area (Å²) in [6.45, 7) is 7.65. The average Bonchev–Trinajstić information content (AvgIpc) is 1.85. The molecule has 0 bridgehead atoms. The normalized spacial score (nSPS) is 21.2. The second kappa shape index (κ2) is 4.85. The molecule has 2 nitrogen and oxygen atoms in total. The van der Waals surface area contributed by atoms with Crippen LogP contribution in [0.15, 0.2) is 12.2 Å². The summed E-state index contributed by atoms with van der Waals surface area (Å²) >= 11 is 0. The number of halogens is 1. The van der Waals surface area contributed by atoms with Gasteiger partial charge in [0, 0.05) is 0 Å². The van der Waals surface area contributed by atoms with Crippen molar-refractivity contribution in [1.82, 2.24) is 5.32 Å². The third-order valence-electron chi connectivity index (χ3n) is 2.17. The van der Waals surface area contributed by atoms with Crippen molar-refractivity contribution in [3.05, 3.63) is 12.2 Å². The Balaban J connectivity index is 0.00000121. The fourth-order valence-electron chi connectivity index (χ4n) is 1.63. The Hall–Kier alpha value is -0.0500. The predicted molar refractivity (Wildman–Crippen MR) is 53.7 cm³/mol. The van der Waals surface area contributed by atoms with Crippen LogP contribution in [0, 0.1) is 0 Å². The first kappa shape index (κ1) is 11.9. The lowest BCUT2D eigenvalue weighted by Gasteiger charge is -2.32. The third kappa shape index (κ3) is 3.57. The zero-order chi connectivity index (χ0) is 8.32. The van der Waals surface area contributed by atoms with Crippen LogP contribution in [0.5, 0.6) is 0 Å². The maximum Gasteiger partial charge on any atom is 0.0708 e. The molecule has 0 saturated carbocycles. The first-order valence-corrected chi connectivity index (χ1v) is 4.20. The van der Waals surface area contributed by atoms with Gasteiger partial charge in [0.25, 0.3) is 0 Å². The van der Waals surface area contributed by atoms with Crippen LogP contribution in [0.3, 0.4) is 0 Å². The minimum Gasteiger partial charge on any atom is -0.389 e. The summed E-state index contributed by atoms with van der Waals surface area (Å²) in [4.78, 5) is 0. The molecule has 0 unspecified atom stereocenters. The zero-order valence-electron chi connectivity index (χ0n) is 7.60. The van der Waals surface area contributed by atoms with E-state index in [-0.39, 0.29) is 12.4 Å². The number of piperidine rings is 1. The maximum atomic E-state index is 9.94. The molecular weight excluding hydrogens is 174 g/mol. The molecule has 0 aromatic heterocycles. The van der Waals surface area contributed by atoms with E-state index >= 15 is 0 Å². The molecule has 0 aromatic rings. The van der Waals surface area contributed by atoms with Gasteiger partial charge in [-0.05, 0) is 39.3 Å². The van der Waals surface area contributed by atoms with Crippen LogP contribution in [0.1, 0.15) is 26.2 Å². The molecule has 12 heavy (non-hydrogen) atoms. The molecule has 0 spiro atoms. The second-order valence-corrected chi connectivity index (χ2v) is 3.61. The second-order valence-electron chi connectivity index (χ2n) is 3.61. The van der Waals surface area contributed by atoms with Crippen molar-refractivity contribution in [2.24, 2.45) is 0 Å². The van der Waals surface area contributed by atoms with E-state index in [0.29, 0.717) is 0 Å². The summed E-state index contributed by atoms with van der Waals surface area (Å²) in [7, 11) is 0. The van der Waals surface area contributed by atoms with E-state index in [1.807, 2.05) is 6.92 Å². The van der Waals surface area contributed by atoms with Crippen LogP contribution >= 0.6 is 12.4 Å². The summed E-state index contributed by atoms with van der Waals surface area (Å²) in [5.74, 6) is 0. The highest BCUT2D eigenvalue weighted by atomic mass is 35.5. The van der Waals surface area contributed by atoms with Gasteiger partial charge in [-0.15, -0.1) is 19.0 Å². The Kier molecular flexibility index (Phi) is 4.83. The van der Waals surface area contributed by atoms with E-state index in [1.54, 1.807) is 0 Å². The van der Waals surface area contributed by atoms with Crippen LogP contribution in [0.2, 0.25) is 0 Å². The van der Waals surface area contributed by atoms with Crippen LogP contribution in [-0.4, -0.2) is 23.8 Å². The lowest BCUT2D eigenvalue weighted by Crippen LogP contribution is -2.41. The van der Waals surface area contributed by atoms with Crippen LogP contribution in [0.4, 0.5) is 0 Å². The minimum absolute atomic E-state index is 0. The van der Waals surface area contributed by atoms with Crippen molar-refractivity contribution < 1.29 is 5.11 Å². The summed E-state index contributed by atoms with van der Waals surface area (Å²) in [6.07, 6.45) is 2.48. The van der Waals surface area contributed by atoms with E-state index in [0.717, 1.165) is 37.9 Å². The lowest BCUT2D eigenvalue weighted by molar-refractivity contribution is 0.0110. The maximum absolute atomic E-state index is 9.94. The highest BCUT2D eigenvalue weighted by molar-refractivity contribution is 5.85. The number of nitrogens with one attached hydrogen (secondary N) is 1. The molecule has 2 N–H and O–H groups in total. The monoisotopic (exact) mass is 191 g/mol. The van der Waals surface area contributed by atoms with Gasteiger partial charge in [0.15, 0.2) is 0 Å². The van der Waals surface area contributed by atoms with E-state index in [4.69, 9.17) is 0 Å². The quantitative estimate of drug-likeness (QED) is 0.649. The van der Waals surface area contributed by atoms with Gasteiger partial charge in [0.2, 0.25) is 0 Å². The lowest BCUT2D eigenvalue weighted by atomic mass is 9.87. The first-order chi connectivity index (χ1) is 5.12. The van der Waals surface area contributed by atoms with Gasteiger partial charge in [-0.2, -0.15) is 0 Å². The Morgan fingerprint density at radius 2 is 2.00 bits per heavy atom. The highest BCUT2D eigenvalue weighted by Gasteiger charge is 2.28. The first-order valence-electron chi connectivity index (χ1n) is 4.20. The van der Waals surface area contributed by atoms with Gasteiger partial charge in [-0.3, -0.25) is 0 Å². The predicted octanol–water partition coefficient (Wildman–Crippen LogP) is 1.49. The van der Waals surface area contributed by atoms with E-state index in [1.165, 1.54) is 0 Å². The molecule has 0 radical (unpaired) electrons. The molecule has 3 heteroatoms. The van der Waals surface area contributed by atoms with Gasteiger partial charge in [-0.1, -0.05) is 5.57 Å². The molecule has 1 aliphatic rings. The van der Waals surface area contributed by atoms with E-state index < -0.39 is 5.60 Å². The molecule has 1 heterocycles. The van der Waals surface area contributed by atoms with E-state index in [9.17, 15) is 5.11 Å². The van der Waals surface area contributed by atoms with Gasteiger partial charge in [-0.25, -0.2) is 0 Å². The summed E-state index contributed by atoms with van der Waals surface area (Å²) < 4.78 is 0. The van der Waals surface area contributed by atoms with Crippen LogP contribution < -0.4 is 5.32 Å². The van der Waals surface area contributed by atoms with Gasteiger partial charge >= 0.3 is 0 Å². The van der Waals surface area contributed by atoms with Crippen molar-refractivity contribution in [2.45, 2.75) is 31.8 Å². The number of rotatable bonds is 2. The minimum atomic E-state index is -0.461. The van der Waals surface area contributed by atoms with Gasteiger partial charge < -0.3 is 10.4 Å². The number of hydrogen-bond donors (Lipinski definition) is 2. The van der Waals surface area contributed by atoms with Gasteiger partial charge in [0.05, 0.1) is 5.60 Å².